The number of hydrogen-bond acceptors (Lipinski definition) is 5. The average Bonchev–Trinajstić information content (AvgIpc) is 2.84. The number of benzene rings is 1. The highest BCUT2D eigenvalue weighted by Gasteiger charge is 2.20. The molecule has 0 atom stereocenters. The summed E-state index contributed by atoms with van der Waals surface area (Å²) in [5, 5.41) is 13.6. The third-order valence-corrected chi connectivity index (χ3v) is 3.02. The van der Waals surface area contributed by atoms with Crippen LogP contribution in [-0.4, -0.2) is 42.1 Å². The van der Waals surface area contributed by atoms with Crippen LogP contribution in [0, 0.1) is 10.1 Å². The Morgan fingerprint density at radius 2 is 2.30 bits per heavy atom. The molecule has 2 amide bonds. The highest BCUT2D eigenvalue weighted by molar-refractivity contribution is 5.76. The molecule has 1 aliphatic rings. The smallest absolute Gasteiger partial charge is 0.317 e. The van der Waals surface area contributed by atoms with Crippen LogP contribution in [0.25, 0.3) is 0 Å². The van der Waals surface area contributed by atoms with Crippen LogP contribution >= 0.6 is 0 Å². The van der Waals surface area contributed by atoms with Gasteiger partial charge in [-0.05, 0) is 11.6 Å². The van der Waals surface area contributed by atoms with Gasteiger partial charge in [-0.2, -0.15) is 0 Å². The number of amides is 2. The van der Waals surface area contributed by atoms with Crippen molar-refractivity contribution in [3.8, 4) is 5.75 Å². The zero-order valence-corrected chi connectivity index (χ0v) is 10.9. The molecule has 0 aromatic heterocycles. The van der Waals surface area contributed by atoms with E-state index in [-0.39, 0.29) is 30.6 Å². The van der Waals surface area contributed by atoms with Gasteiger partial charge in [0.25, 0.3) is 0 Å². The van der Waals surface area contributed by atoms with Crippen LogP contribution in [-0.2, 0) is 6.54 Å². The molecule has 0 bridgehead atoms. The fourth-order valence-corrected chi connectivity index (χ4v) is 1.94. The van der Waals surface area contributed by atoms with Gasteiger partial charge in [0, 0.05) is 25.7 Å². The van der Waals surface area contributed by atoms with Gasteiger partial charge in [-0.3, -0.25) is 10.1 Å². The molecular formula is C12H16N4O4. The SMILES string of the molecule is NCc1ccc([N+](=O)[O-])c(OCCN2CCNC2=O)c1. The number of ether oxygens (including phenoxy) is 1. The molecule has 0 radical (unpaired) electrons. The number of nitrogens with two attached hydrogens (primary N) is 1. The van der Waals surface area contributed by atoms with Gasteiger partial charge < -0.3 is 20.7 Å². The highest BCUT2D eigenvalue weighted by atomic mass is 16.6. The average molecular weight is 280 g/mol. The zero-order valence-electron chi connectivity index (χ0n) is 10.9. The van der Waals surface area contributed by atoms with E-state index in [9.17, 15) is 14.9 Å². The number of carbonyl (C=O) groups is 1. The molecule has 0 unspecified atom stereocenters. The number of nitrogens with one attached hydrogen (secondary N) is 1. The van der Waals surface area contributed by atoms with Crippen molar-refractivity contribution in [3.05, 3.63) is 33.9 Å². The number of hydrogen-bond donors (Lipinski definition) is 2. The Morgan fingerprint density at radius 3 is 2.90 bits per heavy atom. The van der Waals surface area contributed by atoms with Gasteiger partial charge in [-0.25, -0.2) is 4.79 Å². The van der Waals surface area contributed by atoms with E-state index in [4.69, 9.17) is 10.5 Å². The van der Waals surface area contributed by atoms with E-state index >= 15 is 0 Å². The Balaban J connectivity index is 2.00. The standard InChI is InChI=1S/C12H16N4O4/c13-8-9-1-2-10(16(18)19)11(7-9)20-6-5-15-4-3-14-12(15)17/h1-2,7H,3-6,8,13H2,(H,14,17). The van der Waals surface area contributed by atoms with E-state index in [1.54, 1.807) is 17.0 Å². The lowest BCUT2D eigenvalue weighted by molar-refractivity contribution is -0.385. The Labute approximate surface area is 115 Å². The summed E-state index contributed by atoms with van der Waals surface area (Å²) >= 11 is 0. The minimum atomic E-state index is -0.502. The van der Waals surface area contributed by atoms with Crippen molar-refractivity contribution in [2.75, 3.05) is 26.2 Å². The second kappa shape index (κ2) is 6.20. The van der Waals surface area contributed by atoms with Crippen LogP contribution in [0.3, 0.4) is 0 Å². The molecule has 1 aromatic carbocycles. The van der Waals surface area contributed by atoms with Crippen LogP contribution in [0.4, 0.5) is 10.5 Å². The molecule has 8 heteroatoms. The lowest BCUT2D eigenvalue weighted by Crippen LogP contribution is -2.31. The number of carbonyl (C=O) groups excluding carboxylic acids is 1. The first-order chi connectivity index (χ1) is 9.61. The van der Waals surface area contributed by atoms with Gasteiger partial charge in [-0.1, -0.05) is 6.07 Å². The van der Waals surface area contributed by atoms with Crippen molar-refractivity contribution in [3.63, 3.8) is 0 Å². The van der Waals surface area contributed by atoms with Crippen LogP contribution in [0.5, 0.6) is 5.75 Å². The monoisotopic (exact) mass is 280 g/mol. The second-order valence-corrected chi connectivity index (χ2v) is 4.33. The van der Waals surface area contributed by atoms with Gasteiger partial charge >= 0.3 is 11.7 Å². The van der Waals surface area contributed by atoms with Crippen LogP contribution in [0.1, 0.15) is 5.56 Å². The first kappa shape index (κ1) is 14.1. The normalized spacial score (nSPS) is 14.2. The first-order valence-corrected chi connectivity index (χ1v) is 6.25. The molecule has 108 valence electrons. The molecule has 1 aliphatic heterocycles. The van der Waals surface area contributed by atoms with E-state index in [2.05, 4.69) is 5.32 Å². The fourth-order valence-electron chi connectivity index (χ4n) is 1.94. The van der Waals surface area contributed by atoms with Gasteiger partial charge in [0.15, 0.2) is 5.75 Å². The largest absolute Gasteiger partial charge is 0.485 e. The summed E-state index contributed by atoms with van der Waals surface area (Å²) in [4.78, 5) is 23.3. The topological polar surface area (TPSA) is 111 Å². The molecular weight excluding hydrogens is 264 g/mol. The molecule has 20 heavy (non-hydrogen) atoms. The predicted octanol–water partition coefficient (Wildman–Crippen LogP) is 0.457. The summed E-state index contributed by atoms with van der Waals surface area (Å²) in [5.41, 5.74) is 6.16. The van der Waals surface area contributed by atoms with Crippen molar-refractivity contribution in [1.82, 2.24) is 10.2 Å². The minimum absolute atomic E-state index is 0.104. The van der Waals surface area contributed by atoms with Crippen LogP contribution in [0.2, 0.25) is 0 Å². The van der Waals surface area contributed by atoms with E-state index < -0.39 is 4.92 Å². The van der Waals surface area contributed by atoms with Crippen molar-refractivity contribution >= 4 is 11.7 Å². The summed E-state index contributed by atoms with van der Waals surface area (Å²) in [6.07, 6.45) is 0. The molecule has 3 N–H and O–H groups in total. The van der Waals surface area contributed by atoms with Gasteiger partial charge in [0.1, 0.15) is 6.61 Å². The van der Waals surface area contributed by atoms with Gasteiger partial charge in [-0.15, -0.1) is 0 Å². The molecule has 0 saturated carbocycles. The Bertz CT molecular complexity index is 520. The minimum Gasteiger partial charge on any atom is -0.485 e. The van der Waals surface area contributed by atoms with Gasteiger partial charge in [0.05, 0.1) is 11.5 Å². The first-order valence-electron chi connectivity index (χ1n) is 6.25. The summed E-state index contributed by atoms with van der Waals surface area (Å²) in [6.45, 7) is 2.09. The molecule has 0 aliphatic carbocycles. The number of rotatable bonds is 6. The molecule has 1 saturated heterocycles. The quantitative estimate of drug-likeness (QED) is 0.581. The lowest BCUT2D eigenvalue weighted by Gasteiger charge is -2.14. The predicted molar refractivity (Wildman–Crippen MR) is 71.5 cm³/mol. The number of nitro groups is 1. The third-order valence-electron chi connectivity index (χ3n) is 3.02. The van der Waals surface area contributed by atoms with E-state index in [1.165, 1.54) is 6.07 Å². The highest BCUT2D eigenvalue weighted by Crippen LogP contribution is 2.27. The molecule has 2 rings (SSSR count). The fraction of sp³-hybridized carbons (Fsp3) is 0.417. The van der Waals surface area contributed by atoms with Crippen molar-refractivity contribution in [1.29, 1.82) is 0 Å². The zero-order chi connectivity index (χ0) is 14.5. The summed E-state index contributed by atoms with van der Waals surface area (Å²) < 4.78 is 5.43. The van der Waals surface area contributed by atoms with E-state index in [0.29, 0.717) is 19.6 Å². The molecule has 0 spiro atoms. The lowest BCUT2D eigenvalue weighted by atomic mass is 10.2. The number of nitro benzene ring substituents is 1. The number of urea groups is 1. The second-order valence-electron chi connectivity index (χ2n) is 4.33. The number of nitrogens with zero attached hydrogens (tertiary/aromatic N) is 2. The Morgan fingerprint density at radius 1 is 1.50 bits per heavy atom. The van der Waals surface area contributed by atoms with E-state index in [0.717, 1.165) is 5.56 Å². The van der Waals surface area contributed by atoms with Crippen LogP contribution < -0.4 is 15.8 Å². The summed E-state index contributed by atoms with van der Waals surface area (Å²) in [7, 11) is 0. The van der Waals surface area contributed by atoms with Gasteiger partial charge in [0.2, 0.25) is 0 Å². The van der Waals surface area contributed by atoms with Crippen LogP contribution in [0.15, 0.2) is 18.2 Å². The Hall–Kier alpha value is -2.35. The maximum Gasteiger partial charge on any atom is 0.317 e. The van der Waals surface area contributed by atoms with Crippen molar-refractivity contribution in [2.24, 2.45) is 5.73 Å². The maximum absolute atomic E-state index is 11.3. The molecule has 1 fully saturated rings. The molecule has 1 heterocycles. The Kier molecular flexibility index (Phi) is 4.36. The third kappa shape index (κ3) is 3.15. The van der Waals surface area contributed by atoms with E-state index in [1.807, 2.05) is 0 Å². The summed E-state index contributed by atoms with van der Waals surface area (Å²) in [6, 6.07) is 4.39. The molecule has 8 nitrogen and oxygen atoms in total. The molecule has 1 aromatic rings. The maximum atomic E-state index is 11.3. The van der Waals surface area contributed by atoms with Crippen molar-refractivity contribution in [2.45, 2.75) is 6.54 Å². The summed E-state index contributed by atoms with van der Waals surface area (Å²) in [5.74, 6) is 0.178. The van der Waals surface area contributed by atoms with Crippen molar-refractivity contribution < 1.29 is 14.5 Å².